The number of halogens is 2. The van der Waals surface area contributed by atoms with Crippen LogP contribution in [0.4, 0.5) is 10.2 Å². The standard InChI is InChI=1S/C35H42ClFN10O/c1-22(40-2)6-5-7-24-16-28(32(37)29(36)17-24)30-18-25-21-47(35(48)46-33(25)45-30)27-11-9-23(10-12-27)19-43-26(13-15-42-34(38)39)20-44-31-8-3-4-14-41-31/h3-4,8-12,14,16-18,21-22,26,40,43H,5-7,13,15,19-20H2,1-2H3,(H,41,44)(H4,38,39,42)(H,45,46,48)/t22?,26-/m1/s1. The number of anilines is 1. The minimum Gasteiger partial charge on any atom is -0.370 e. The van der Waals surface area contributed by atoms with Crippen LogP contribution in [-0.4, -0.2) is 57.7 Å². The van der Waals surface area contributed by atoms with E-state index in [2.05, 4.69) is 42.8 Å². The smallest absolute Gasteiger partial charge is 0.354 e. The van der Waals surface area contributed by atoms with Crippen molar-refractivity contribution in [3.05, 3.63) is 106 Å². The average Bonchev–Trinajstić information content (AvgIpc) is 3.49. The molecule has 0 spiro atoms. The summed E-state index contributed by atoms with van der Waals surface area (Å²) in [7, 11) is 1.94. The van der Waals surface area contributed by atoms with Gasteiger partial charge in [0.25, 0.3) is 0 Å². The van der Waals surface area contributed by atoms with Gasteiger partial charge in [-0.2, -0.15) is 4.98 Å². The molecule has 3 aromatic heterocycles. The third-order valence-electron chi connectivity index (χ3n) is 8.26. The molecule has 0 aliphatic heterocycles. The second-order valence-corrected chi connectivity index (χ2v) is 12.2. The number of aromatic nitrogens is 4. The molecule has 1 unspecified atom stereocenters. The van der Waals surface area contributed by atoms with E-state index in [1.54, 1.807) is 24.5 Å². The number of nitrogens with zero attached hydrogens (tertiary/aromatic N) is 4. The lowest BCUT2D eigenvalue weighted by atomic mass is 10.0. The van der Waals surface area contributed by atoms with Crippen LogP contribution in [0.3, 0.4) is 0 Å². The zero-order chi connectivity index (χ0) is 34.0. The third kappa shape index (κ3) is 9.18. The molecule has 2 atom stereocenters. The number of pyridine rings is 1. The first-order valence-electron chi connectivity index (χ1n) is 16.0. The average molecular weight is 673 g/mol. The van der Waals surface area contributed by atoms with Crippen molar-refractivity contribution in [3.8, 4) is 16.9 Å². The maximum Gasteiger partial charge on any atom is 0.354 e. The molecule has 0 saturated carbocycles. The number of fused-ring (bicyclic) bond motifs is 1. The number of rotatable bonds is 16. The number of hydrogen-bond donors (Lipinski definition) is 6. The summed E-state index contributed by atoms with van der Waals surface area (Å²) in [6.07, 6.45) is 6.87. The van der Waals surface area contributed by atoms with Gasteiger partial charge in [0.15, 0.2) is 11.8 Å². The topological polar surface area (TPSA) is 164 Å². The Bertz CT molecular complexity index is 1890. The lowest BCUT2D eigenvalue weighted by molar-refractivity contribution is 0.502. The summed E-state index contributed by atoms with van der Waals surface area (Å²) in [5, 5.41) is 10.9. The Hall–Kier alpha value is -4.78. The molecule has 0 saturated heterocycles. The number of nitrogens with one attached hydrogen (secondary N) is 4. The second-order valence-electron chi connectivity index (χ2n) is 11.8. The van der Waals surface area contributed by atoms with E-state index in [1.807, 2.05) is 55.6 Å². The number of aliphatic imine (C=N–C) groups is 1. The summed E-state index contributed by atoms with van der Waals surface area (Å²) >= 11 is 6.30. The van der Waals surface area contributed by atoms with Crippen molar-refractivity contribution in [2.24, 2.45) is 16.5 Å². The van der Waals surface area contributed by atoms with Crippen molar-refractivity contribution in [1.82, 2.24) is 30.2 Å². The lowest BCUT2D eigenvalue weighted by Crippen LogP contribution is -2.36. The molecule has 13 heteroatoms. The summed E-state index contributed by atoms with van der Waals surface area (Å²) in [6.45, 7) is 3.84. The monoisotopic (exact) mass is 672 g/mol. The molecule has 0 amide bonds. The van der Waals surface area contributed by atoms with E-state index in [1.165, 1.54) is 4.57 Å². The fraction of sp³-hybridized carbons (Fsp3) is 0.314. The first kappa shape index (κ1) is 34.6. The first-order valence-corrected chi connectivity index (χ1v) is 16.4. The minimum absolute atomic E-state index is 0.0626. The largest absolute Gasteiger partial charge is 0.370 e. The summed E-state index contributed by atoms with van der Waals surface area (Å²) in [5.41, 5.74) is 14.4. The maximum absolute atomic E-state index is 15.2. The molecule has 252 valence electrons. The van der Waals surface area contributed by atoms with Crippen molar-refractivity contribution in [2.75, 3.05) is 25.5 Å². The Morgan fingerprint density at radius 1 is 1.10 bits per heavy atom. The molecular weight excluding hydrogens is 631 g/mol. The van der Waals surface area contributed by atoms with Gasteiger partial charge in [0.1, 0.15) is 11.5 Å². The van der Waals surface area contributed by atoms with E-state index in [-0.39, 0.29) is 17.0 Å². The van der Waals surface area contributed by atoms with Crippen LogP contribution in [0.2, 0.25) is 5.02 Å². The van der Waals surface area contributed by atoms with Crippen LogP contribution >= 0.6 is 11.6 Å². The molecule has 0 fully saturated rings. The third-order valence-corrected chi connectivity index (χ3v) is 8.53. The molecule has 5 aromatic rings. The predicted molar refractivity (Wildman–Crippen MR) is 192 cm³/mol. The number of aromatic amines is 1. The quantitative estimate of drug-likeness (QED) is 0.0647. The molecule has 48 heavy (non-hydrogen) atoms. The normalized spacial score (nSPS) is 12.6. The fourth-order valence-corrected chi connectivity index (χ4v) is 5.67. The van der Waals surface area contributed by atoms with Gasteiger partial charge in [0.05, 0.1) is 16.4 Å². The summed E-state index contributed by atoms with van der Waals surface area (Å²) in [4.78, 5) is 28.9. The maximum atomic E-state index is 15.2. The Kier molecular flexibility index (Phi) is 11.8. The van der Waals surface area contributed by atoms with Gasteiger partial charge in [-0.25, -0.2) is 14.2 Å². The number of nitrogens with two attached hydrogens (primary N) is 2. The fourth-order valence-electron chi connectivity index (χ4n) is 5.42. The Labute approximate surface area is 284 Å². The SMILES string of the molecule is CNC(C)CCCc1cc(Cl)c(F)c(-c2cc3cn(-c4ccc(CN[C@H](CCN=C(N)N)CNc5ccccn5)cc4)c(=O)nc3[nH]2)c1. The molecule has 5 rings (SSSR count). The zero-order valence-corrected chi connectivity index (χ0v) is 27.9. The Balaban J connectivity index is 1.29. The van der Waals surface area contributed by atoms with Crippen LogP contribution in [0.15, 0.2) is 82.8 Å². The van der Waals surface area contributed by atoms with Crippen LogP contribution in [-0.2, 0) is 13.0 Å². The van der Waals surface area contributed by atoms with Gasteiger partial charge in [-0.1, -0.05) is 29.8 Å². The van der Waals surface area contributed by atoms with Crippen molar-refractivity contribution >= 4 is 34.4 Å². The molecule has 0 aliphatic carbocycles. The lowest BCUT2D eigenvalue weighted by Gasteiger charge is -2.19. The predicted octanol–water partition coefficient (Wildman–Crippen LogP) is 4.73. The molecule has 11 nitrogen and oxygen atoms in total. The van der Waals surface area contributed by atoms with Crippen LogP contribution in [0, 0.1) is 5.82 Å². The van der Waals surface area contributed by atoms with Crippen molar-refractivity contribution in [2.45, 2.75) is 51.2 Å². The molecule has 2 aromatic carbocycles. The van der Waals surface area contributed by atoms with Gasteiger partial charge >= 0.3 is 5.69 Å². The van der Waals surface area contributed by atoms with Gasteiger partial charge in [0.2, 0.25) is 0 Å². The van der Waals surface area contributed by atoms with E-state index in [9.17, 15) is 4.79 Å². The highest BCUT2D eigenvalue weighted by Gasteiger charge is 2.16. The van der Waals surface area contributed by atoms with Crippen molar-refractivity contribution in [3.63, 3.8) is 0 Å². The Morgan fingerprint density at radius 2 is 1.92 bits per heavy atom. The zero-order valence-electron chi connectivity index (χ0n) is 27.1. The highest BCUT2D eigenvalue weighted by molar-refractivity contribution is 6.31. The molecule has 0 radical (unpaired) electrons. The molecule has 0 bridgehead atoms. The van der Waals surface area contributed by atoms with Gasteiger partial charge in [-0.15, -0.1) is 0 Å². The van der Waals surface area contributed by atoms with Gasteiger partial charge in [-0.05, 0) is 93.2 Å². The van der Waals surface area contributed by atoms with E-state index >= 15 is 4.39 Å². The summed E-state index contributed by atoms with van der Waals surface area (Å²) in [5.74, 6) is 0.336. The van der Waals surface area contributed by atoms with Crippen LogP contribution in [0.25, 0.3) is 28.0 Å². The van der Waals surface area contributed by atoms with Gasteiger partial charge < -0.3 is 32.4 Å². The number of aryl methyl sites for hydroxylation is 1. The Morgan fingerprint density at radius 3 is 2.65 bits per heavy atom. The van der Waals surface area contributed by atoms with E-state index < -0.39 is 11.5 Å². The molecule has 0 aliphatic rings. The second kappa shape index (κ2) is 16.4. The van der Waals surface area contributed by atoms with Crippen LogP contribution in [0.1, 0.15) is 37.3 Å². The molecule has 3 heterocycles. The molecule has 8 N–H and O–H groups in total. The van der Waals surface area contributed by atoms with Crippen molar-refractivity contribution in [1.29, 1.82) is 0 Å². The first-order chi connectivity index (χ1) is 23.2. The number of benzene rings is 2. The van der Waals surface area contributed by atoms with Crippen molar-refractivity contribution < 1.29 is 4.39 Å². The number of guanidine groups is 1. The number of H-pyrrole nitrogens is 1. The highest BCUT2D eigenvalue weighted by atomic mass is 35.5. The van der Waals surface area contributed by atoms with Crippen LogP contribution in [0.5, 0.6) is 0 Å². The summed E-state index contributed by atoms with van der Waals surface area (Å²) < 4.78 is 16.7. The summed E-state index contributed by atoms with van der Waals surface area (Å²) in [6, 6.07) is 19.1. The number of hydrogen-bond acceptors (Lipinski definition) is 7. The highest BCUT2D eigenvalue weighted by Crippen LogP contribution is 2.31. The van der Waals surface area contributed by atoms with E-state index in [4.69, 9.17) is 23.1 Å². The molecular formula is C35H42ClFN10O. The van der Waals surface area contributed by atoms with Gasteiger partial charge in [-0.3, -0.25) is 9.56 Å². The van der Waals surface area contributed by atoms with E-state index in [0.717, 1.165) is 36.2 Å². The van der Waals surface area contributed by atoms with Crippen LogP contribution < -0.4 is 33.1 Å². The minimum atomic E-state index is -0.513. The van der Waals surface area contributed by atoms with E-state index in [0.29, 0.717) is 60.1 Å². The van der Waals surface area contributed by atoms with Gasteiger partial charge in [0, 0.05) is 55.1 Å².